The second-order valence-corrected chi connectivity index (χ2v) is 9.08. The molecule has 3 heterocycles. The van der Waals surface area contributed by atoms with Gasteiger partial charge < -0.3 is 10.6 Å². The van der Waals surface area contributed by atoms with E-state index in [0.29, 0.717) is 4.68 Å². The Labute approximate surface area is 196 Å². The molecule has 0 unspecified atom stereocenters. The minimum absolute atomic E-state index is 0.0140. The van der Waals surface area contributed by atoms with Crippen LogP contribution >= 0.6 is 0 Å². The largest absolute Gasteiger partial charge is 0.408 e. The van der Waals surface area contributed by atoms with E-state index < -0.39 is 24.1 Å². The lowest BCUT2D eigenvalue weighted by Gasteiger charge is -2.26. The highest BCUT2D eigenvalue weighted by molar-refractivity contribution is 5.77. The standard InChI is InChI=1S/C24H20F4N6O/c25-15-1-4-17(5-2-15)34-20-18(21(35)33(34)13-24(26,27)28)11-30-22(32-20)31-16-3-6-19-14(9-16)10-29-12-23(19)7-8-23/h1-6,9,11,29H,7-8,10,12-13H2,(H,30,31,32). The normalized spacial score (nSPS) is 16.5. The predicted molar refractivity (Wildman–Crippen MR) is 121 cm³/mol. The predicted octanol–water partition coefficient (Wildman–Crippen LogP) is 4.16. The molecule has 1 saturated carbocycles. The van der Waals surface area contributed by atoms with E-state index in [4.69, 9.17) is 0 Å². The maximum Gasteiger partial charge on any atom is 0.408 e. The molecule has 0 radical (unpaired) electrons. The summed E-state index contributed by atoms with van der Waals surface area (Å²) >= 11 is 0. The van der Waals surface area contributed by atoms with E-state index in [1.54, 1.807) is 0 Å². The van der Waals surface area contributed by atoms with E-state index in [9.17, 15) is 22.4 Å². The van der Waals surface area contributed by atoms with Gasteiger partial charge in [0.2, 0.25) is 5.95 Å². The number of rotatable bonds is 4. The Morgan fingerprint density at radius 1 is 1.11 bits per heavy atom. The van der Waals surface area contributed by atoms with Crippen molar-refractivity contribution in [1.29, 1.82) is 0 Å². The van der Waals surface area contributed by atoms with Crippen LogP contribution in [0, 0.1) is 5.82 Å². The van der Waals surface area contributed by atoms with Crippen LogP contribution in [0.25, 0.3) is 16.7 Å². The molecule has 4 aromatic rings. The average Bonchev–Trinajstić information content (AvgIpc) is 3.53. The summed E-state index contributed by atoms with van der Waals surface area (Å²) in [6, 6.07) is 10.8. The van der Waals surface area contributed by atoms with Gasteiger partial charge in [0, 0.05) is 30.4 Å². The lowest BCUT2D eigenvalue weighted by atomic mass is 9.88. The van der Waals surface area contributed by atoms with Crippen LogP contribution in [-0.4, -0.2) is 32.1 Å². The Kier molecular flexibility index (Phi) is 4.75. The molecule has 0 bridgehead atoms. The zero-order chi connectivity index (χ0) is 24.4. The summed E-state index contributed by atoms with van der Waals surface area (Å²) in [6.45, 7) is 0.196. The first-order chi connectivity index (χ1) is 16.7. The molecule has 1 fully saturated rings. The van der Waals surface area contributed by atoms with E-state index in [0.717, 1.165) is 48.4 Å². The molecule has 2 aliphatic rings. The maximum atomic E-state index is 13.5. The van der Waals surface area contributed by atoms with Crippen LogP contribution in [0.5, 0.6) is 0 Å². The summed E-state index contributed by atoms with van der Waals surface area (Å²) in [5, 5.41) is 6.47. The van der Waals surface area contributed by atoms with Crippen LogP contribution in [-0.2, 0) is 18.5 Å². The van der Waals surface area contributed by atoms with Gasteiger partial charge in [-0.05, 0) is 60.4 Å². The summed E-state index contributed by atoms with van der Waals surface area (Å²) in [6.07, 6.45) is -1.12. The first-order valence-corrected chi connectivity index (χ1v) is 11.1. The SMILES string of the molecule is O=c1c2cnc(Nc3ccc4c(c3)CNCC43CC3)nc2n(-c2ccc(F)cc2)n1CC(F)(F)F. The van der Waals surface area contributed by atoms with Crippen molar-refractivity contribution < 1.29 is 17.6 Å². The van der Waals surface area contributed by atoms with Gasteiger partial charge in [-0.2, -0.15) is 18.2 Å². The monoisotopic (exact) mass is 484 g/mol. The summed E-state index contributed by atoms with van der Waals surface area (Å²) in [5.41, 5.74) is 2.75. The van der Waals surface area contributed by atoms with Crippen LogP contribution in [0.1, 0.15) is 24.0 Å². The number of nitrogens with one attached hydrogen (secondary N) is 2. The Bertz CT molecular complexity index is 1500. The summed E-state index contributed by atoms with van der Waals surface area (Å²) < 4.78 is 54.9. The molecular weight excluding hydrogens is 464 g/mol. The summed E-state index contributed by atoms with van der Waals surface area (Å²) in [7, 11) is 0. The second-order valence-electron chi connectivity index (χ2n) is 9.08. The number of halogens is 4. The minimum atomic E-state index is -4.65. The Morgan fingerprint density at radius 3 is 2.60 bits per heavy atom. The Hall–Kier alpha value is -3.73. The van der Waals surface area contributed by atoms with E-state index in [1.807, 2.05) is 12.1 Å². The highest BCUT2D eigenvalue weighted by Crippen LogP contribution is 2.50. The fourth-order valence-electron chi connectivity index (χ4n) is 4.84. The second kappa shape index (κ2) is 7.64. The van der Waals surface area contributed by atoms with Crippen LogP contribution in [0.4, 0.5) is 29.2 Å². The number of alkyl halides is 3. The molecule has 1 aliphatic carbocycles. The van der Waals surface area contributed by atoms with Gasteiger partial charge in [0.1, 0.15) is 17.7 Å². The first kappa shape index (κ1) is 21.8. The van der Waals surface area contributed by atoms with Crippen molar-refractivity contribution in [3.63, 3.8) is 0 Å². The van der Waals surface area contributed by atoms with Crippen molar-refractivity contribution in [1.82, 2.24) is 24.6 Å². The number of benzene rings is 2. The van der Waals surface area contributed by atoms with E-state index in [1.165, 1.54) is 29.5 Å². The van der Waals surface area contributed by atoms with Gasteiger partial charge in [-0.1, -0.05) is 6.07 Å². The van der Waals surface area contributed by atoms with Gasteiger partial charge >= 0.3 is 6.18 Å². The van der Waals surface area contributed by atoms with E-state index in [-0.39, 0.29) is 28.1 Å². The van der Waals surface area contributed by atoms with Crippen LogP contribution in [0.2, 0.25) is 0 Å². The Balaban J connectivity index is 1.43. The molecule has 0 saturated heterocycles. The molecule has 6 rings (SSSR count). The van der Waals surface area contributed by atoms with Gasteiger partial charge in [0.05, 0.1) is 5.69 Å². The molecule has 0 atom stereocenters. The van der Waals surface area contributed by atoms with Crippen LogP contribution < -0.4 is 16.2 Å². The molecule has 1 aliphatic heterocycles. The van der Waals surface area contributed by atoms with Crippen molar-refractivity contribution in [2.75, 3.05) is 11.9 Å². The molecule has 0 amide bonds. The molecular formula is C24H20F4N6O. The fraction of sp³-hybridized carbons (Fsp3) is 0.292. The Morgan fingerprint density at radius 2 is 1.89 bits per heavy atom. The average molecular weight is 484 g/mol. The molecule has 11 heteroatoms. The van der Waals surface area contributed by atoms with Crippen molar-refractivity contribution in [2.24, 2.45) is 0 Å². The molecule has 1 spiro atoms. The molecule has 7 nitrogen and oxygen atoms in total. The smallest absolute Gasteiger partial charge is 0.324 e. The third-order valence-corrected chi connectivity index (χ3v) is 6.64. The number of nitrogens with zero attached hydrogens (tertiary/aromatic N) is 4. The highest BCUT2D eigenvalue weighted by Gasteiger charge is 2.46. The molecule has 2 aromatic carbocycles. The highest BCUT2D eigenvalue weighted by atomic mass is 19.4. The number of anilines is 2. The lowest BCUT2D eigenvalue weighted by Crippen LogP contribution is -2.33. The number of fused-ring (bicyclic) bond motifs is 3. The zero-order valence-corrected chi connectivity index (χ0v) is 18.4. The summed E-state index contributed by atoms with van der Waals surface area (Å²) in [5.74, 6) is -0.427. The van der Waals surface area contributed by atoms with Crippen molar-refractivity contribution in [2.45, 2.75) is 37.5 Å². The van der Waals surface area contributed by atoms with Crippen molar-refractivity contribution in [3.8, 4) is 5.69 Å². The van der Waals surface area contributed by atoms with Crippen molar-refractivity contribution >= 4 is 22.7 Å². The molecule has 2 aromatic heterocycles. The topological polar surface area (TPSA) is 76.8 Å². The fourth-order valence-corrected chi connectivity index (χ4v) is 4.84. The lowest BCUT2D eigenvalue weighted by molar-refractivity contribution is -0.144. The maximum absolute atomic E-state index is 13.5. The summed E-state index contributed by atoms with van der Waals surface area (Å²) in [4.78, 5) is 21.4. The minimum Gasteiger partial charge on any atom is -0.324 e. The molecule has 2 N–H and O–H groups in total. The van der Waals surface area contributed by atoms with Crippen LogP contribution in [0.3, 0.4) is 0 Å². The van der Waals surface area contributed by atoms with E-state index >= 15 is 0 Å². The van der Waals surface area contributed by atoms with Gasteiger partial charge in [-0.15, -0.1) is 0 Å². The van der Waals surface area contributed by atoms with Gasteiger partial charge in [0.25, 0.3) is 5.56 Å². The van der Waals surface area contributed by atoms with Gasteiger partial charge in [0.15, 0.2) is 5.65 Å². The molecule has 35 heavy (non-hydrogen) atoms. The van der Waals surface area contributed by atoms with Crippen LogP contribution in [0.15, 0.2) is 53.5 Å². The number of hydrogen-bond acceptors (Lipinski definition) is 5. The third kappa shape index (κ3) is 3.85. The van der Waals surface area contributed by atoms with E-state index in [2.05, 4.69) is 26.7 Å². The third-order valence-electron chi connectivity index (χ3n) is 6.64. The molecule has 180 valence electrons. The zero-order valence-electron chi connectivity index (χ0n) is 18.4. The number of aromatic nitrogens is 4. The first-order valence-electron chi connectivity index (χ1n) is 11.1. The van der Waals surface area contributed by atoms with Gasteiger partial charge in [-0.3, -0.25) is 4.79 Å². The van der Waals surface area contributed by atoms with Crippen molar-refractivity contribution in [3.05, 3.63) is 76.0 Å². The van der Waals surface area contributed by atoms with Gasteiger partial charge in [-0.25, -0.2) is 18.7 Å². The number of hydrogen-bond donors (Lipinski definition) is 2. The quantitative estimate of drug-likeness (QED) is 0.426.